The molecule has 1 aliphatic heterocycles. The van der Waals surface area contributed by atoms with Gasteiger partial charge in [-0.2, -0.15) is 0 Å². The van der Waals surface area contributed by atoms with Crippen LogP contribution in [0.5, 0.6) is 0 Å². The van der Waals surface area contributed by atoms with Crippen molar-refractivity contribution in [2.75, 3.05) is 5.32 Å². The summed E-state index contributed by atoms with van der Waals surface area (Å²) >= 11 is 0. The summed E-state index contributed by atoms with van der Waals surface area (Å²) in [5.41, 5.74) is 1.01. The van der Waals surface area contributed by atoms with E-state index in [0.717, 1.165) is 31.5 Å². The number of carbonyl (C=O) groups is 2. The summed E-state index contributed by atoms with van der Waals surface area (Å²) in [6, 6.07) is 8.52. The largest absolute Gasteiger partial charge is 0.467 e. The molecule has 3 aromatic rings. The summed E-state index contributed by atoms with van der Waals surface area (Å²) in [5, 5.41) is 5.77. The molecule has 0 fully saturated rings. The fourth-order valence-corrected chi connectivity index (χ4v) is 3.51. The number of aromatic nitrogens is 2. The Hall–Kier alpha value is -3.42. The molecule has 0 bridgehead atoms. The Balaban J connectivity index is 1.45. The number of aryl methyl sites for hydroxylation is 1. The van der Waals surface area contributed by atoms with E-state index in [2.05, 4.69) is 15.6 Å². The molecule has 2 N–H and O–H groups in total. The highest BCUT2D eigenvalue weighted by molar-refractivity contribution is 6.04. The van der Waals surface area contributed by atoms with Gasteiger partial charge in [0.15, 0.2) is 0 Å². The Labute approximate surface area is 166 Å². The summed E-state index contributed by atoms with van der Waals surface area (Å²) in [4.78, 5) is 41.6. The average Bonchev–Trinajstić information content (AvgIpc) is 3.11. The molecule has 0 atom stereocenters. The first kappa shape index (κ1) is 18.9. The quantitative estimate of drug-likeness (QED) is 0.646. The molecule has 2 aromatic heterocycles. The van der Waals surface area contributed by atoms with Crippen molar-refractivity contribution in [3.63, 3.8) is 0 Å². The van der Waals surface area contributed by atoms with Crippen LogP contribution in [-0.2, 0) is 29.1 Å². The van der Waals surface area contributed by atoms with E-state index in [4.69, 9.17) is 4.42 Å². The van der Waals surface area contributed by atoms with Crippen LogP contribution in [0.2, 0.25) is 0 Å². The lowest BCUT2D eigenvalue weighted by Crippen LogP contribution is -2.27. The molecule has 1 aromatic carbocycles. The van der Waals surface area contributed by atoms with Crippen LogP contribution >= 0.6 is 0 Å². The van der Waals surface area contributed by atoms with E-state index < -0.39 is 11.8 Å². The predicted octanol–water partition coefficient (Wildman–Crippen LogP) is 2.36. The Kier molecular flexibility index (Phi) is 5.41. The molecule has 0 radical (unpaired) electrons. The molecule has 0 saturated carbocycles. The van der Waals surface area contributed by atoms with Gasteiger partial charge in [-0.3, -0.25) is 19.0 Å². The summed E-state index contributed by atoms with van der Waals surface area (Å²) in [7, 11) is 0. The topological polar surface area (TPSA) is 106 Å². The van der Waals surface area contributed by atoms with Gasteiger partial charge < -0.3 is 15.1 Å². The average molecular weight is 394 g/mol. The van der Waals surface area contributed by atoms with Gasteiger partial charge in [-0.25, -0.2) is 4.98 Å². The van der Waals surface area contributed by atoms with E-state index in [1.165, 1.54) is 6.26 Å². The van der Waals surface area contributed by atoms with Gasteiger partial charge in [-0.1, -0.05) is 6.42 Å². The predicted molar refractivity (Wildman–Crippen MR) is 107 cm³/mol. The highest BCUT2D eigenvalue weighted by Gasteiger charge is 2.15. The number of nitrogens with zero attached hydrogens (tertiary/aromatic N) is 2. The minimum absolute atomic E-state index is 0.0841. The van der Waals surface area contributed by atoms with Gasteiger partial charge in [0.1, 0.15) is 18.0 Å². The van der Waals surface area contributed by atoms with Crippen LogP contribution in [0.15, 0.2) is 45.8 Å². The normalized spacial score (nSPS) is 13.5. The lowest BCUT2D eigenvalue weighted by Gasteiger charge is -2.11. The number of carbonyl (C=O) groups excluding carboxylic acids is 2. The van der Waals surface area contributed by atoms with Gasteiger partial charge in [-0.05, 0) is 43.2 Å². The van der Waals surface area contributed by atoms with E-state index in [-0.39, 0.29) is 18.5 Å². The number of hydrogen-bond acceptors (Lipinski definition) is 5. The maximum absolute atomic E-state index is 12.9. The Bertz CT molecular complexity index is 1100. The SMILES string of the molecule is O=C(CC(=O)Nc1ccc2nc3n(c(=O)c2c1)CCCCC3)NCc1ccco1. The van der Waals surface area contributed by atoms with Crippen LogP contribution in [0.1, 0.15) is 37.3 Å². The Morgan fingerprint density at radius 3 is 2.86 bits per heavy atom. The lowest BCUT2D eigenvalue weighted by atomic mass is 10.2. The fourth-order valence-electron chi connectivity index (χ4n) is 3.51. The summed E-state index contributed by atoms with van der Waals surface area (Å²) in [6.07, 6.45) is 5.08. The van der Waals surface area contributed by atoms with Crippen LogP contribution in [-0.4, -0.2) is 21.4 Å². The minimum atomic E-state index is -0.455. The number of anilines is 1. The first-order valence-electron chi connectivity index (χ1n) is 9.72. The molecule has 8 nitrogen and oxygen atoms in total. The third-order valence-corrected chi connectivity index (χ3v) is 4.96. The zero-order chi connectivity index (χ0) is 20.2. The van der Waals surface area contributed by atoms with E-state index in [0.29, 0.717) is 28.9 Å². The zero-order valence-corrected chi connectivity index (χ0v) is 15.9. The number of fused-ring (bicyclic) bond motifs is 2. The molecule has 2 amide bonds. The summed E-state index contributed by atoms with van der Waals surface area (Å²) in [5.74, 6) is 0.571. The van der Waals surface area contributed by atoms with E-state index >= 15 is 0 Å². The second kappa shape index (κ2) is 8.30. The molecular weight excluding hydrogens is 372 g/mol. The van der Waals surface area contributed by atoms with Crippen molar-refractivity contribution in [3.05, 3.63) is 58.5 Å². The van der Waals surface area contributed by atoms with Gasteiger partial charge in [0.05, 0.1) is 23.7 Å². The smallest absolute Gasteiger partial charge is 0.261 e. The van der Waals surface area contributed by atoms with Crippen molar-refractivity contribution in [2.24, 2.45) is 0 Å². The number of amides is 2. The monoisotopic (exact) mass is 394 g/mol. The fraction of sp³-hybridized carbons (Fsp3) is 0.333. The van der Waals surface area contributed by atoms with Crippen molar-refractivity contribution in [2.45, 2.75) is 45.2 Å². The molecule has 3 heterocycles. The second-order valence-electron chi connectivity index (χ2n) is 7.11. The first-order chi connectivity index (χ1) is 14.1. The molecule has 8 heteroatoms. The third kappa shape index (κ3) is 4.37. The van der Waals surface area contributed by atoms with Crippen molar-refractivity contribution in [1.29, 1.82) is 0 Å². The van der Waals surface area contributed by atoms with E-state index in [1.807, 2.05) is 0 Å². The van der Waals surface area contributed by atoms with Crippen LogP contribution in [0.4, 0.5) is 5.69 Å². The molecule has 0 spiro atoms. The molecule has 150 valence electrons. The van der Waals surface area contributed by atoms with E-state index in [9.17, 15) is 14.4 Å². The molecular formula is C21H22N4O4. The Morgan fingerprint density at radius 2 is 2.03 bits per heavy atom. The number of benzene rings is 1. The maximum Gasteiger partial charge on any atom is 0.261 e. The Morgan fingerprint density at radius 1 is 1.14 bits per heavy atom. The number of hydrogen-bond donors (Lipinski definition) is 2. The van der Waals surface area contributed by atoms with E-state index in [1.54, 1.807) is 34.9 Å². The number of furan rings is 1. The van der Waals surface area contributed by atoms with Gasteiger partial charge in [0.2, 0.25) is 11.8 Å². The standard InChI is InChI=1S/C21H22N4O4/c26-19(22-13-15-5-4-10-29-15)12-20(27)23-14-7-8-17-16(11-14)21(28)25-9-3-1-2-6-18(25)24-17/h4-5,7-8,10-11H,1-3,6,9,12-13H2,(H,22,26)(H,23,27). The highest BCUT2D eigenvalue weighted by atomic mass is 16.3. The van der Waals surface area contributed by atoms with Gasteiger partial charge in [0.25, 0.3) is 5.56 Å². The summed E-state index contributed by atoms with van der Waals surface area (Å²) < 4.78 is 6.87. The number of rotatable bonds is 5. The molecule has 29 heavy (non-hydrogen) atoms. The molecule has 0 aliphatic carbocycles. The van der Waals surface area contributed by atoms with Crippen molar-refractivity contribution >= 4 is 28.4 Å². The van der Waals surface area contributed by atoms with Crippen molar-refractivity contribution in [3.8, 4) is 0 Å². The van der Waals surface area contributed by atoms with Crippen LogP contribution in [0.25, 0.3) is 10.9 Å². The van der Waals surface area contributed by atoms with Crippen LogP contribution < -0.4 is 16.2 Å². The third-order valence-electron chi connectivity index (χ3n) is 4.96. The summed E-state index contributed by atoms with van der Waals surface area (Å²) in [6.45, 7) is 0.895. The van der Waals surface area contributed by atoms with Crippen LogP contribution in [0.3, 0.4) is 0 Å². The molecule has 1 aliphatic rings. The minimum Gasteiger partial charge on any atom is -0.467 e. The zero-order valence-electron chi connectivity index (χ0n) is 15.9. The molecule has 0 unspecified atom stereocenters. The maximum atomic E-state index is 12.9. The van der Waals surface area contributed by atoms with Crippen molar-refractivity contribution in [1.82, 2.24) is 14.9 Å². The van der Waals surface area contributed by atoms with Gasteiger partial charge in [-0.15, -0.1) is 0 Å². The lowest BCUT2D eigenvalue weighted by molar-refractivity contribution is -0.127. The van der Waals surface area contributed by atoms with Crippen molar-refractivity contribution < 1.29 is 14.0 Å². The van der Waals surface area contributed by atoms with Crippen LogP contribution in [0, 0.1) is 0 Å². The molecule has 4 rings (SSSR count). The molecule has 0 saturated heterocycles. The van der Waals surface area contributed by atoms with Gasteiger partial charge >= 0.3 is 0 Å². The van der Waals surface area contributed by atoms with Gasteiger partial charge in [0, 0.05) is 18.7 Å². The number of nitrogens with one attached hydrogen (secondary N) is 2. The second-order valence-corrected chi connectivity index (χ2v) is 7.11. The highest BCUT2D eigenvalue weighted by Crippen LogP contribution is 2.18. The first-order valence-corrected chi connectivity index (χ1v) is 9.72.